The summed E-state index contributed by atoms with van der Waals surface area (Å²) < 4.78 is 11.3. The summed E-state index contributed by atoms with van der Waals surface area (Å²) in [5.41, 5.74) is 4.12. The molecule has 0 spiro atoms. The van der Waals surface area contributed by atoms with Crippen molar-refractivity contribution in [3.63, 3.8) is 0 Å². The highest BCUT2D eigenvalue weighted by molar-refractivity contribution is 6.01. The summed E-state index contributed by atoms with van der Waals surface area (Å²) in [5, 5.41) is 0. The number of fused-ring (bicyclic) bond motifs is 1. The van der Waals surface area contributed by atoms with E-state index in [0.717, 1.165) is 22.3 Å². The molecule has 128 valence electrons. The van der Waals surface area contributed by atoms with Crippen molar-refractivity contribution in [1.29, 1.82) is 0 Å². The summed E-state index contributed by atoms with van der Waals surface area (Å²) in [6, 6.07) is 23.7. The second kappa shape index (κ2) is 6.89. The van der Waals surface area contributed by atoms with Gasteiger partial charge in [-0.1, -0.05) is 78.9 Å². The third kappa shape index (κ3) is 2.88. The molecule has 3 aromatic rings. The zero-order valence-corrected chi connectivity index (χ0v) is 14.4. The Morgan fingerprint density at radius 3 is 2.31 bits per heavy atom. The summed E-state index contributed by atoms with van der Waals surface area (Å²) in [5.74, 6) is 0.164. The van der Waals surface area contributed by atoms with Crippen molar-refractivity contribution in [2.45, 2.75) is 6.10 Å². The fraction of sp³-hybridized carbons (Fsp3) is 0.0870. The van der Waals surface area contributed by atoms with Crippen LogP contribution in [0.25, 0.3) is 17.2 Å². The van der Waals surface area contributed by atoms with Crippen LogP contribution in [0.3, 0.4) is 0 Å². The molecule has 0 N–H and O–H groups in total. The van der Waals surface area contributed by atoms with Gasteiger partial charge in [-0.25, -0.2) is 4.79 Å². The number of ether oxygens (including phenoxy) is 2. The fourth-order valence-corrected chi connectivity index (χ4v) is 3.20. The highest BCUT2D eigenvalue weighted by Crippen LogP contribution is 2.40. The summed E-state index contributed by atoms with van der Waals surface area (Å²) in [6.07, 6.45) is 3.76. The maximum absolute atomic E-state index is 12.6. The lowest BCUT2D eigenvalue weighted by molar-refractivity contribution is 0.0595. The zero-order valence-electron chi connectivity index (χ0n) is 14.4. The largest absolute Gasteiger partial charge is 0.480 e. The Morgan fingerprint density at radius 2 is 1.62 bits per heavy atom. The van der Waals surface area contributed by atoms with Gasteiger partial charge in [0.1, 0.15) is 17.4 Å². The van der Waals surface area contributed by atoms with Crippen LogP contribution in [-0.2, 0) is 4.74 Å². The molecule has 26 heavy (non-hydrogen) atoms. The minimum Gasteiger partial charge on any atom is -0.480 e. The number of methoxy groups -OCH3 is 1. The second-order valence-electron chi connectivity index (χ2n) is 6.07. The minimum atomic E-state index is -0.400. The van der Waals surface area contributed by atoms with Crippen molar-refractivity contribution in [2.75, 3.05) is 7.11 Å². The standard InChI is InChI=1S/C23H18O3/c1-25-23(24)21-19(16-8-4-2-5-9-16)14-12-18-13-15-20(26-22(18)21)17-10-6-3-7-11-17/h2-15,20H,1H3. The number of esters is 1. The first-order chi connectivity index (χ1) is 12.8. The molecule has 1 heterocycles. The summed E-state index contributed by atoms with van der Waals surface area (Å²) in [7, 11) is 1.39. The molecular formula is C23H18O3. The van der Waals surface area contributed by atoms with Gasteiger partial charge in [-0.3, -0.25) is 0 Å². The molecule has 0 fully saturated rings. The molecule has 0 bridgehead atoms. The van der Waals surface area contributed by atoms with Crippen LogP contribution in [-0.4, -0.2) is 13.1 Å². The third-order valence-corrected chi connectivity index (χ3v) is 4.49. The van der Waals surface area contributed by atoms with Gasteiger partial charge in [0, 0.05) is 5.56 Å². The average Bonchev–Trinajstić information content (AvgIpc) is 2.73. The molecule has 1 unspecified atom stereocenters. The first kappa shape index (κ1) is 16.2. The van der Waals surface area contributed by atoms with E-state index < -0.39 is 5.97 Å². The third-order valence-electron chi connectivity index (χ3n) is 4.49. The van der Waals surface area contributed by atoms with E-state index in [9.17, 15) is 4.79 Å². The molecule has 0 radical (unpaired) electrons. The van der Waals surface area contributed by atoms with Crippen LogP contribution in [0.1, 0.15) is 27.6 Å². The average molecular weight is 342 g/mol. The summed E-state index contributed by atoms with van der Waals surface area (Å²) in [6.45, 7) is 0. The number of benzene rings is 3. The lowest BCUT2D eigenvalue weighted by Gasteiger charge is -2.25. The molecule has 4 rings (SSSR count). The Balaban J connectivity index is 1.85. The predicted octanol–water partition coefficient (Wildman–Crippen LogP) is 5.29. The van der Waals surface area contributed by atoms with E-state index in [4.69, 9.17) is 9.47 Å². The van der Waals surface area contributed by atoms with Crippen LogP contribution in [0.2, 0.25) is 0 Å². The van der Waals surface area contributed by atoms with Gasteiger partial charge in [-0.15, -0.1) is 0 Å². The highest BCUT2D eigenvalue weighted by atomic mass is 16.5. The van der Waals surface area contributed by atoms with Crippen molar-refractivity contribution in [2.24, 2.45) is 0 Å². The molecular weight excluding hydrogens is 324 g/mol. The number of hydrogen-bond donors (Lipinski definition) is 0. The van der Waals surface area contributed by atoms with E-state index in [1.807, 2.05) is 84.9 Å². The normalized spacial score (nSPS) is 15.0. The van der Waals surface area contributed by atoms with Crippen LogP contribution in [0, 0.1) is 0 Å². The number of carbonyl (C=O) groups excluding carboxylic acids is 1. The molecule has 3 aromatic carbocycles. The van der Waals surface area contributed by atoms with Crippen LogP contribution in [0.15, 0.2) is 78.9 Å². The van der Waals surface area contributed by atoms with E-state index in [1.54, 1.807) is 0 Å². The first-order valence-corrected chi connectivity index (χ1v) is 8.48. The van der Waals surface area contributed by atoms with Gasteiger partial charge in [0.2, 0.25) is 0 Å². The molecule has 1 aliphatic heterocycles. The number of carbonyl (C=O) groups is 1. The minimum absolute atomic E-state index is 0.238. The monoisotopic (exact) mass is 342 g/mol. The number of hydrogen-bond acceptors (Lipinski definition) is 3. The second-order valence-corrected chi connectivity index (χ2v) is 6.07. The van der Waals surface area contributed by atoms with Crippen molar-refractivity contribution < 1.29 is 14.3 Å². The Labute approximate surface area is 152 Å². The molecule has 1 atom stereocenters. The van der Waals surface area contributed by atoms with Gasteiger partial charge in [0.25, 0.3) is 0 Å². The quantitative estimate of drug-likeness (QED) is 0.607. The topological polar surface area (TPSA) is 35.5 Å². The molecule has 0 aromatic heterocycles. The van der Waals surface area contributed by atoms with Crippen LogP contribution < -0.4 is 4.74 Å². The predicted molar refractivity (Wildman–Crippen MR) is 102 cm³/mol. The van der Waals surface area contributed by atoms with Gasteiger partial charge in [0.15, 0.2) is 0 Å². The molecule has 0 saturated heterocycles. The molecule has 1 aliphatic rings. The molecule has 3 heteroatoms. The van der Waals surface area contributed by atoms with Crippen molar-refractivity contribution in [3.8, 4) is 16.9 Å². The van der Waals surface area contributed by atoms with Crippen molar-refractivity contribution in [1.82, 2.24) is 0 Å². The van der Waals surface area contributed by atoms with Crippen LogP contribution >= 0.6 is 0 Å². The first-order valence-electron chi connectivity index (χ1n) is 8.48. The van der Waals surface area contributed by atoms with Crippen LogP contribution in [0.4, 0.5) is 0 Å². The summed E-state index contributed by atoms with van der Waals surface area (Å²) in [4.78, 5) is 12.6. The van der Waals surface area contributed by atoms with E-state index in [1.165, 1.54) is 7.11 Å². The maximum atomic E-state index is 12.6. The lowest BCUT2D eigenvalue weighted by Crippen LogP contribution is -2.14. The molecule has 0 saturated carbocycles. The fourth-order valence-electron chi connectivity index (χ4n) is 3.20. The van der Waals surface area contributed by atoms with Crippen LogP contribution in [0.5, 0.6) is 5.75 Å². The van der Waals surface area contributed by atoms with E-state index in [0.29, 0.717) is 11.3 Å². The Hall–Kier alpha value is -3.33. The zero-order chi connectivity index (χ0) is 17.9. The molecule has 0 amide bonds. The Morgan fingerprint density at radius 1 is 0.923 bits per heavy atom. The Bertz CT molecular complexity index is 960. The van der Waals surface area contributed by atoms with Gasteiger partial charge >= 0.3 is 5.97 Å². The molecule has 3 nitrogen and oxygen atoms in total. The lowest BCUT2D eigenvalue weighted by atomic mass is 9.94. The summed E-state index contributed by atoms with van der Waals surface area (Å²) >= 11 is 0. The van der Waals surface area contributed by atoms with Crippen molar-refractivity contribution >= 4 is 12.0 Å². The van der Waals surface area contributed by atoms with Gasteiger partial charge < -0.3 is 9.47 Å². The van der Waals surface area contributed by atoms with Gasteiger partial charge in [-0.2, -0.15) is 0 Å². The highest BCUT2D eigenvalue weighted by Gasteiger charge is 2.26. The van der Waals surface area contributed by atoms with Gasteiger partial charge in [-0.05, 0) is 22.8 Å². The smallest absolute Gasteiger partial charge is 0.342 e. The Kier molecular flexibility index (Phi) is 4.28. The number of rotatable bonds is 3. The van der Waals surface area contributed by atoms with E-state index in [2.05, 4.69) is 0 Å². The van der Waals surface area contributed by atoms with Crippen molar-refractivity contribution in [3.05, 3.63) is 95.6 Å². The van der Waals surface area contributed by atoms with Gasteiger partial charge in [0.05, 0.1) is 7.11 Å². The van der Waals surface area contributed by atoms with E-state index >= 15 is 0 Å². The maximum Gasteiger partial charge on any atom is 0.342 e. The SMILES string of the molecule is COC(=O)c1c(-c2ccccc2)ccc2c1OC(c1ccccc1)C=C2. The van der Waals surface area contributed by atoms with E-state index in [-0.39, 0.29) is 6.10 Å². The molecule has 0 aliphatic carbocycles.